The lowest BCUT2D eigenvalue weighted by atomic mass is 10.2. The third kappa shape index (κ3) is 8.17. The number of hydrogen-bond acceptors (Lipinski definition) is 8. The van der Waals surface area contributed by atoms with Gasteiger partial charge in [-0.2, -0.15) is 5.10 Å². The standard InChI is InChI=1S/C31H38FN7O5/c1-30(2,3)43-28(41)38(16-14-26-35-22-12-8-9-13-24(22)39(26)29(42)44-31(4,5)6)19-20-17-25(37(7)36-20)27(40)34-18-23-21(32)11-10-15-33-23/h8-13,15,17H,14,16,18-19H2,1-7H3,(H,34,40). The van der Waals surface area contributed by atoms with E-state index in [1.54, 1.807) is 66.8 Å². The molecule has 0 fully saturated rings. The molecule has 3 heterocycles. The molecule has 4 aromatic rings. The van der Waals surface area contributed by atoms with E-state index in [2.05, 4.69) is 20.4 Å². The number of pyridine rings is 1. The van der Waals surface area contributed by atoms with Gasteiger partial charge in [0.2, 0.25) is 0 Å². The number of imidazole rings is 1. The van der Waals surface area contributed by atoms with Gasteiger partial charge in [-0.25, -0.2) is 23.5 Å². The molecule has 0 aliphatic carbocycles. The van der Waals surface area contributed by atoms with Crippen LogP contribution in [-0.4, -0.2) is 65.1 Å². The van der Waals surface area contributed by atoms with Crippen LogP contribution >= 0.6 is 0 Å². The molecule has 0 atom stereocenters. The van der Waals surface area contributed by atoms with Crippen LogP contribution in [0.2, 0.25) is 0 Å². The van der Waals surface area contributed by atoms with Crippen LogP contribution in [0.25, 0.3) is 11.0 Å². The molecule has 44 heavy (non-hydrogen) atoms. The van der Waals surface area contributed by atoms with E-state index in [-0.39, 0.29) is 37.4 Å². The number of amides is 2. The molecule has 3 aromatic heterocycles. The van der Waals surface area contributed by atoms with E-state index in [4.69, 9.17) is 9.47 Å². The first-order valence-corrected chi connectivity index (χ1v) is 14.2. The molecule has 0 aliphatic rings. The van der Waals surface area contributed by atoms with E-state index in [0.29, 0.717) is 22.6 Å². The number of rotatable bonds is 8. The molecule has 0 spiro atoms. The second kappa shape index (κ2) is 12.8. The molecule has 1 N–H and O–H groups in total. The predicted octanol–water partition coefficient (Wildman–Crippen LogP) is 5.00. The average molecular weight is 608 g/mol. The number of benzene rings is 1. The van der Waals surface area contributed by atoms with Crippen molar-refractivity contribution in [1.82, 2.24) is 34.5 Å². The summed E-state index contributed by atoms with van der Waals surface area (Å²) in [5.41, 5.74) is 0.457. The highest BCUT2D eigenvalue weighted by atomic mass is 19.1. The van der Waals surface area contributed by atoms with Crippen LogP contribution in [-0.2, 0) is 36.0 Å². The molecule has 4 rings (SSSR count). The van der Waals surface area contributed by atoms with Gasteiger partial charge in [-0.05, 0) is 71.9 Å². The molecule has 234 valence electrons. The smallest absolute Gasteiger partial charge is 0.420 e. The number of nitrogens with one attached hydrogen (secondary N) is 1. The van der Waals surface area contributed by atoms with Gasteiger partial charge in [-0.1, -0.05) is 12.1 Å². The van der Waals surface area contributed by atoms with Crippen molar-refractivity contribution in [3.63, 3.8) is 0 Å². The van der Waals surface area contributed by atoms with Crippen molar-refractivity contribution in [2.45, 2.75) is 72.3 Å². The number of carbonyl (C=O) groups is 3. The number of aromatic nitrogens is 5. The number of hydrogen-bond donors (Lipinski definition) is 1. The Hall–Kier alpha value is -4.81. The summed E-state index contributed by atoms with van der Waals surface area (Å²) in [4.78, 5) is 49.4. The normalized spacial score (nSPS) is 11.8. The Morgan fingerprint density at radius 2 is 1.70 bits per heavy atom. The van der Waals surface area contributed by atoms with Crippen LogP contribution in [0.4, 0.5) is 14.0 Å². The van der Waals surface area contributed by atoms with Crippen LogP contribution in [0.1, 0.15) is 69.2 Å². The van der Waals surface area contributed by atoms with Crippen LogP contribution in [0, 0.1) is 5.82 Å². The maximum absolute atomic E-state index is 13.9. The summed E-state index contributed by atoms with van der Waals surface area (Å²) < 4.78 is 28.1. The second-order valence-corrected chi connectivity index (χ2v) is 12.2. The lowest BCUT2D eigenvalue weighted by Crippen LogP contribution is -2.38. The Balaban J connectivity index is 1.56. The Kier molecular flexibility index (Phi) is 9.36. The van der Waals surface area contributed by atoms with Gasteiger partial charge >= 0.3 is 12.2 Å². The average Bonchev–Trinajstić information content (AvgIpc) is 3.48. The number of carbonyl (C=O) groups excluding carboxylic acids is 3. The number of aryl methyl sites for hydroxylation is 1. The first-order valence-electron chi connectivity index (χ1n) is 14.2. The van der Waals surface area contributed by atoms with Crippen LogP contribution in [0.5, 0.6) is 0 Å². The van der Waals surface area contributed by atoms with E-state index in [1.807, 2.05) is 12.1 Å². The molecule has 0 unspecified atom stereocenters. The second-order valence-electron chi connectivity index (χ2n) is 12.2. The van der Waals surface area contributed by atoms with Crippen molar-refractivity contribution in [1.29, 1.82) is 0 Å². The first kappa shape index (κ1) is 32.1. The molecule has 0 saturated heterocycles. The fourth-order valence-electron chi connectivity index (χ4n) is 4.37. The Bertz CT molecular complexity index is 1670. The number of halogens is 1. The first-order chi connectivity index (χ1) is 20.6. The number of ether oxygens (including phenoxy) is 2. The fraction of sp³-hybridized carbons (Fsp3) is 0.419. The predicted molar refractivity (Wildman–Crippen MR) is 160 cm³/mol. The van der Waals surface area contributed by atoms with E-state index in [1.165, 1.54) is 32.5 Å². The molecule has 0 aliphatic heterocycles. The molecule has 0 bridgehead atoms. The number of fused-ring (bicyclic) bond motifs is 1. The van der Waals surface area contributed by atoms with Crippen LogP contribution in [0.15, 0.2) is 48.7 Å². The summed E-state index contributed by atoms with van der Waals surface area (Å²) in [6, 6.07) is 11.5. The lowest BCUT2D eigenvalue weighted by Gasteiger charge is -2.27. The van der Waals surface area contributed by atoms with E-state index < -0.39 is 35.1 Å². The topological polar surface area (TPSA) is 133 Å². The quantitative estimate of drug-likeness (QED) is 0.296. The van der Waals surface area contributed by atoms with Gasteiger partial charge in [0.25, 0.3) is 5.91 Å². The largest absolute Gasteiger partial charge is 0.444 e. The van der Waals surface area contributed by atoms with Crippen molar-refractivity contribution in [3.05, 3.63) is 77.4 Å². The highest BCUT2D eigenvalue weighted by Crippen LogP contribution is 2.21. The zero-order valence-corrected chi connectivity index (χ0v) is 26.0. The minimum atomic E-state index is -0.769. The summed E-state index contributed by atoms with van der Waals surface area (Å²) in [5, 5.41) is 7.07. The minimum absolute atomic E-state index is 0.0115. The van der Waals surface area contributed by atoms with Gasteiger partial charge in [0.1, 0.15) is 28.5 Å². The Labute approximate surface area is 255 Å². The van der Waals surface area contributed by atoms with E-state index >= 15 is 0 Å². The maximum atomic E-state index is 13.9. The SMILES string of the molecule is Cn1nc(CN(CCc2nc3ccccc3n2C(=O)OC(C)(C)C)C(=O)OC(C)(C)C)cc1C(=O)NCc1ncccc1F. The summed E-state index contributed by atoms with van der Waals surface area (Å²) in [5.74, 6) is -0.588. The molecular weight excluding hydrogens is 569 g/mol. The summed E-state index contributed by atoms with van der Waals surface area (Å²) in [7, 11) is 1.60. The Morgan fingerprint density at radius 3 is 2.39 bits per heavy atom. The van der Waals surface area contributed by atoms with E-state index in [0.717, 1.165) is 0 Å². The summed E-state index contributed by atoms with van der Waals surface area (Å²) in [6.45, 7) is 10.7. The lowest BCUT2D eigenvalue weighted by molar-refractivity contribution is 0.0232. The summed E-state index contributed by atoms with van der Waals surface area (Å²) >= 11 is 0. The Morgan fingerprint density at radius 1 is 1.00 bits per heavy atom. The van der Waals surface area contributed by atoms with Crippen molar-refractivity contribution in [3.8, 4) is 0 Å². The molecule has 13 heteroatoms. The van der Waals surface area contributed by atoms with Gasteiger partial charge in [-0.15, -0.1) is 0 Å². The molecule has 2 amide bonds. The highest BCUT2D eigenvalue weighted by Gasteiger charge is 2.27. The van der Waals surface area contributed by atoms with Crippen molar-refractivity contribution in [2.24, 2.45) is 7.05 Å². The highest BCUT2D eigenvalue weighted by molar-refractivity contribution is 5.92. The van der Waals surface area contributed by atoms with Gasteiger partial charge in [0.15, 0.2) is 0 Å². The molecule has 0 saturated carbocycles. The minimum Gasteiger partial charge on any atom is -0.444 e. The van der Waals surface area contributed by atoms with Crippen molar-refractivity contribution in [2.75, 3.05) is 6.54 Å². The van der Waals surface area contributed by atoms with Crippen molar-refractivity contribution >= 4 is 29.1 Å². The monoisotopic (exact) mass is 607 g/mol. The van der Waals surface area contributed by atoms with Crippen LogP contribution < -0.4 is 5.32 Å². The number of para-hydroxylation sites is 2. The number of nitrogens with zero attached hydrogens (tertiary/aromatic N) is 6. The maximum Gasteiger partial charge on any atom is 0.420 e. The van der Waals surface area contributed by atoms with Crippen LogP contribution in [0.3, 0.4) is 0 Å². The third-order valence-corrected chi connectivity index (χ3v) is 6.23. The molecule has 0 radical (unpaired) electrons. The van der Waals surface area contributed by atoms with Gasteiger partial charge < -0.3 is 19.7 Å². The molecule has 1 aromatic carbocycles. The molecule has 12 nitrogen and oxygen atoms in total. The van der Waals surface area contributed by atoms with Gasteiger partial charge in [0, 0.05) is 26.2 Å². The zero-order chi connectivity index (χ0) is 32.2. The van der Waals surface area contributed by atoms with Gasteiger partial charge in [-0.3, -0.25) is 14.5 Å². The van der Waals surface area contributed by atoms with E-state index in [9.17, 15) is 18.8 Å². The van der Waals surface area contributed by atoms with Gasteiger partial charge in [0.05, 0.1) is 35.5 Å². The fourth-order valence-corrected chi connectivity index (χ4v) is 4.37. The zero-order valence-electron chi connectivity index (χ0n) is 26.0. The summed E-state index contributed by atoms with van der Waals surface area (Å²) in [6.07, 6.45) is 0.472. The third-order valence-electron chi connectivity index (χ3n) is 6.23. The molecular formula is C31H38FN7O5. The van der Waals surface area contributed by atoms with Crippen molar-refractivity contribution < 1.29 is 28.2 Å².